The molecule has 0 spiro atoms. The minimum atomic E-state index is -1.56. The average molecular weight is 742 g/mol. The van der Waals surface area contributed by atoms with Gasteiger partial charge in [-0.1, -0.05) is 193 Å². The van der Waals surface area contributed by atoms with E-state index in [2.05, 4.69) is 12.2 Å². The Labute approximate surface area is 318 Å². The topological polar surface area (TPSA) is 149 Å². The van der Waals surface area contributed by atoms with E-state index in [-0.39, 0.29) is 18.9 Å². The summed E-state index contributed by atoms with van der Waals surface area (Å²) in [7, 11) is 0. The van der Waals surface area contributed by atoms with Crippen LogP contribution in [0.1, 0.15) is 200 Å². The largest absolute Gasteiger partial charge is 0.394 e. The van der Waals surface area contributed by atoms with Crippen LogP contribution in [0.15, 0.2) is 12.2 Å². The van der Waals surface area contributed by atoms with E-state index in [0.29, 0.717) is 0 Å². The fraction of sp³-hybridized carbons (Fsp3) is 0.930. The van der Waals surface area contributed by atoms with Crippen LogP contribution in [0.5, 0.6) is 0 Å². The quantitative estimate of drug-likeness (QED) is 0.0277. The molecule has 0 bridgehead atoms. The molecule has 6 N–H and O–H groups in total. The molecule has 0 aromatic rings. The Balaban J connectivity index is 1.96. The lowest BCUT2D eigenvalue weighted by Crippen LogP contribution is -2.60. The van der Waals surface area contributed by atoms with Crippen molar-refractivity contribution in [3.8, 4) is 0 Å². The predicted molar refractivity (Wildman–Crippen MR) is 212 cm³/mol. The molecule has 1 rings (SSSR count). The van der Waals surface area contributed by atoms with Gasteiger partial charge in [-0.05, 0) is 12.8 Å². The molecule has 1 amide bonds. The highest BCUT2D eigenvalue weighted by Gasteiger charge is 2.44. The summed E-state index contributed by atoms with van der Waals surface area (Å²) in [5.41, 5.74) is 0. The number of nitrogens with one attached hydrogen (secondary N) is 1. The highest BCUT2D eigenvalue weighted by molar-refractivity contribution is 5.75. The third-order valence-electron chi connectivity index (χ3n) is 10.7. The first-order valence-corrected chi connectivity index (χ1v) is 21.9. The molecule has 0 saturated carbocycles. The summed E-state index contributed by atoms with van der Waals surface area (Å²) in [6.07, 6.45) is 33.8. The van der Waals surface area contributed by atoms with E-state index in [9.17, 15) is 30.3 Å². The lowest BCUT2D eigenvalue weighted by atomic mass is 9.99. The van der Waals surface area contributed by atoms with Crippen LogP contribution in [-0.2, 0) is 14.3 Å². The van der Waals surface area contributed by atoms with Crippen molar-refractivity contribution < 1.29 is 39.8 Å². The minimum Gasteiger partial charge on any atom is -0.394 e. The predicted octanol–water partition coefficient (Wildman–Crippen LogP) is 8.56. The van der Waals surface area contributed by atoms with Crippen molar-refractivity contribution in [3.63, 3.8) is 0 Å². The SMILES string of the molecule is CCCCCCCCCCCCCCCCCCCCCCCCCCCCC/C=C/C(O)C(COC1OC(CO)C(O)C(O)C1O)NC(=O)CC. The number of carbonyl (C=O) groups is 1. The van der Waals surface area contributed by atoms with Crippen LogP contribution in [-0.4, -0.2) is 87.5 Å². The van der Waals surface area contributed by atoms with E-state index in [4.69, 9.17) is 9.47 Å². The first-order valence-electron chi connectivity index (χ1n) is 21.9. The molecule has 308 valence electrons. The lowest BCUT2D eigenvalue weighted by molar-refractivity contribution is -0.302. The number of aliphatic hydroxyl groups excluding tert-OH is 5. The van der Waals surface area contributed by atoms with Gasteiger partial charge in [-0.25, -0.2) is 0 Å². The van der Waals surface area contributed by atoms with Crippen LogP contribution >= 0.6 is 0 Å². The van der Waals surface area contributed by atoms with Crippen molar-refractivity contribution in [2.24, 2.45) is 0 Å². The maximum Gasteiger partial charge on any atom is 0.220 e. The van der Waals surface area contributed by atoms with Gasteiger partial charge in [0.25, 0.3) is 0 Å². The third kappa shape index (κ3) is 25.1. The Kier molecular flexibility index (Phi) is 32.4. The molecule has 1 aliphatic rings. The number of ether oxygens (including phenoxy) is 2. The van der Waals surface area contributed by atoms with E-state index in [0.717, 1.165) is 19.3 Å². The molecule has 7 atom stereocenters. The van der Waals surface area contributed by atoms with Crippen molar-refractivity contribution >= 4 is 5.91 Å². The van der Waals surface area contributed by atoms with Gasteiger partial charge in [0, 0.05) is 6.42 Å². The van der Waals surface area contributed by atoms with Crippen molar-refractivity contribution in [1.82, 2.24) is 5.32 Å². The summed E-state index contributed by atoms with van der Waals surface area (Å²) in [5.74, 6) is -0.263. The molecule has 9 nitrogen and oxygen atoms in total. The van der Waals surface area contributed by atoms with Gasteiger partial charge >= 0.3 is 0 Å². The third-order valence-corrected chi connectivity index (χ3v) is 10.7. The Bertz CT molecular complexity index is 827. The van der Waals surface area contributed by atoms with E-state index >= 15 is 0 Å². The van der Waals surface area contributed by atoms with Gasteiger partial charge in [0.2, 0.25) is 5.91 Å². The van der Waals surface area contributed by atoms with Crippen LogP contribution in [0.4, 0.5) is 0 Å². The number of hydrogen-bond acceptors (Lipinski definition) is 8. The lowest BCUT2D eigenvalue weighted by Gasteiger charge is -2.40. The van der Waals surface area contributed by atoms with E-state index < -0.39 is 49.5 Å². The number of carbonyl (C=O) groups excluding carboxylic acids is 1. The molecular formula is C43H83NO8. The second-order valence-corrected chi connectivity index (χ2v) is 15.5. The van der Waals surface area contributed by atoms with Crippen molar-refractivity contribution in [2.45, 2.75) is 243 Å². The van der Waals surface area contributed by atoms with Gasteiger partial charge < -0.3 is 40.3 Å². The van der Waals surface area contributed by atoms with Gasteiger partial charge in [-0.3, -0.25) is 4.79 Å². The van der Waals surface area contributed by atoms with Gasteiger partial charge in [0.05, 0.1) is 25.4 Å². The van der Waals surface area contributed by atoms with Crippen LogP contribution in [0, 0.1) is 0 Å². The van der Waals surface area contributed by atoms with Crippen molar-refractivity contribution in [3.05, 3.63) is 12.2 Å². The Morgan fingerprint density at radius 2 is 1.04 bits per heavy atom. The number of rotatable bonds is 36. The van der Waals surface area contributed by atoms with Crippen LogP contribution in [0.3, 0.4) is 0 Å². The van der Waals surface area contributed by atoms with Crippen LogP contribution in [0.25, 0.3) is 0 Å². The number of amides is 1. The van der Waals surface area contributed by atoms with E-state index in [1.807, 2.05) is 6.08 Å². The molecule has 1 aliphatic heterocycles. The zero-order valence-electron chi connectivity index (χ0n) is 33.6. The van der Waals surface area contributed by atoms with Gasteiger partial charge in [0.15, 0.2) is 6.29 Å². The first-order chi connectivity index (χ1) is 25.3. The Hall–Kier alpha value is -1.07. The van der Waals surface area contributed by atoms with E-state index in [1.54, 1.807) is 13.0 Å². The summed E-state index contributed by atoms with van der Waals surface area (Å²) >= 11 is 0. The van der Waals surface area contributed by atoms with Crippen molar-refractivity contribution in [2.75, 3.05) is 13.2 Å². The Morgan fingerprint density at radius 3 is 1.42 bits per heavy atom. The normalized spacial score (nSPS) is 21.9. The van der Waals surface area contributed by atoms with Gasteiger partial charge in [-0.2, -0.15) is 0 Å². The summed E-state index contributed by atoms with van der Waals surface area (Å²) in [5, 5.41) is 53.0. The number of allylic oxidation sites excluding steroid dienone is 1. The molecule has 52 heavy (non-hydrogen) atoms. The molecule has 1 saturated heterocycles. The minimum absolute atomic E-state index is 0.195. The summed E-state index contributed by atoms with van der Waals surface area (Å²) < 4.78 is 10.9. The first kappa shape index (κ1) is 48.9. The summed E-state index contributed by atoms with van der Waals surface area (Å²) in [6, 6.07) is -0.796. The number of unbranched alkanes of at least 4 members (excludes halogenated alkanes) is 27. The highest BCUT2D eigenvalue weighted by atomic mass is 16.7. The molecular weight excluding hydrogens is 658 g/mol. The fourth-order valence-corrected chi connectivity index (χ4v) is 7.06. The summed E-state index contributed by atoms with van der Waals surface area (Å²) in [4.78, 5) is 12.1. The molecule has 1 heterocycles. The number of aliphatic hydroxyl groups is 5. The fourth-order valence-electron chi connectivity index (χ4n) is 7.06. The monoisotopic (exact) mass is 742 g/mol. The molecule has 0 aliphatic carbocycles. The van der Waals surface area contributed by atoms with Gasteiger partial charge in [0.1, 0.15) is 24.4 Å². The highest BCUT2D eigenvalue weighted by Crippen LogP contribution is 2.22. The zero-order valence-corrected chi connectivity index (χ0v) is 33.6. The molecule has 7 unspecified atom stereocenters. The average Bonchev–Trinajstić information content (AvgIpc) is 3.15. The second kappa shape index (κ2) is 34.4. The van der Waals surface area contributed by atoms with E-state index in [1.165, 1.54) is 161 Å². The maximum atomic E-state index is 12.1. The Morgan fingerprint density at radius 1 is 0.635 bits per heavy atom. The smallest absolute Gasteiger partial charge is 0.220 e. The van der Waals surface area contributed by atoms with Crippen LogP contribution in [0.2, 0.25) is 0 Å². The maximum absolute atomic E-state index is 12.1. The molecule has 9 heteroatoms. The van der Waals surface area contributed by atoms with Crippen LogP contribution < -0.4 is 5.32 Å². The molecule has 0 aromatic carbocycles. The molecule has 0 radical (unpaired) electrons. The van der Waals surface area contributed by atoms with Gasteiger partial charge in [-0.15, -0.1) is 0 Å². The molecule has 0 aromatic heterocycles. The molecule has 1 fully saturated rings. The number of hydrogen-bond donors (Lipinski definition) is 6. The summed E-state index contributed by atoms with van der Waals surface area (Å²) in [6.45, 7) is 3.24. The van der Waals surface area contributed by atoms with Crippen molar-refractivity contribution in [1.29, 1.82) is 0 Å². The second-order valence-electron chi connectivity index (χ2n) is 15.5. The zero-order chi connectivity index (χ0) is 38.1. The standard InChI is InChI=1S/C43H83NO8/c1-3-5-6-7-8-9-10-11-12-13-14-15-16-17-18-19-20-21-22-23-24-25-26-27-28-29-30-31-32-33-37(46)36(44-39(47)4-2)35-51-43-42(50)41(49)40(48)38(34-45)52-43/h32-33,36-38,40-43,45-46,48-50H,3-31,34-35H2,1-2H3,(H,44,47)/b33-32+.